The third-order valence-electron chi connectivity index (χ3n) is 3.73. The van der Waals surface area contributed by atoms with E-state index in [4.69, 9.17) is 16.3 Å². The van der Waals surface area contributed by atoms with E-state index in [0.29, 0.717) is 11.8 Å². The van der Waals surface area contributed by atoms with Crippen molar-refractivity contribution in [3.05, 3.63) is 53.7 Å². The normalized spacial score (nSPS) is 11.4. The minimum absolute atomic E-state index is 0.185. The van der Waals surface area contributed by atoms with E-state index in [0.717, 1.165) is 17.7 Å². The third-order valence-corrected chi connectivity index (χ3v) is 4.02. The van der Waals surface area contributed by atoms with Gasteiger partial charge in [0.25, 0.3) is 0 Å². The zero-order valence-electron chi connectivity index (χ0n) is 12.2. The lowest BCUT2D eigenvalue weighted by molar-refractivity contribution is 0.456. The maximum absolute atomic E-state index is 5.88. The highest BCUT2D eigenvalue weighted by Gasteiger charge is 2.17. The lowest BCUT2D eigenvalue weighted by Gasteiger charge is -2.23. The van der Waals surface area contributed by atoms with Gasteiger partial charge in [-0.2, -0.15) is 0 Å². The highest BCUT2D eigenvalue weighted by Crippen LogP contribution is 2.30. The molecule has 0 N–H and O–H groups in total. The Bertz CT molecular complexity index is 563. The van der Waals surface area contributed by atoms with E-state index in [1.54, 1.807) is 6.20 Å². The SMILES string of the molecule is CCC(C)(C)c1ccc(Oc2ncccc2CCl)cc1. The Morgan fingerprint density at radius 1 is 1.15 bits per heavy atom. The molecule has 0 atom stereocenters. The van der Waals surface area contributed by atoms with Crippen LogP contribution in [0.2, 0.25) is 0 Å². The van der Waals surface area contributed by atoms with Gasteiger partial charge in [0.1, 0.15) is 5.75 Å². The molecule has 20 heavy (non-hydrogen) atoms. The number of halogens is 1. The van der Waals surface area contributed by atoms with Crippen LogP contribution < -0.4 is 4.74 Å². The molecule has 0 unspecified atom stereocenters. The van der Waals surface area contributed by atoms with Crippen molar-refractivity contribution in [3.63, 3.8) is 0 Å². The molecule has 0 aliphatic carbocycles. The van der Waals surface area contributed by atoms with Gasteiger partial charge in [-0.05, 0) is 35.6 Å². The zero-order chi connectivity index (χ0) is 14.6. The maximum Gasteiger partial charge on any atom is 0.223 e. The van der Waals surface area contributed by atoms with Gasteiger partial charge in [-0.15, -0.1) is 11.6 Å². The minimum Gasteiger partial charge on any atom is -0.439 e. The highest BCUT2D eigenvalue weighted by molar-refractivity contribution is 6.17. The number of aromatic nitrogens is 1. The largest absolute Gasteiger partial charge is 0.439 e. The molecule has 0 spiro atoms. The standard InChI is InChI=1S/C17H20ClNO/c1-4-17(2,3)14-7-9-15(10-8-14)20-16-13(12-18)6-5-11-19-16/h5-11H,4,12H2,1-3H3. The summed E-state index contributed by atoms with van der Waals surface area (Å²) in [5, 5.41) is 0. The molecule has 0 amide bonds. The molecule has 0 aliphatic rings. The van der Waals surface area contributed by atoms with Crippen molar-refractivity contribution in [2.45, 2.75) is 38.5 Å². The van der Waals surface area contributed by atoms with Crippen molar-refractivity contribution in [1.29, 1.82) is 0 Å². The molecule has 0 saturated heterocycles. The predicted octanol–water partition coefficient (Wildman–Crippen LogP) is 5.30. The zero-order valence-corrected chi connectivity index (χ0v) is 12.9. The van der Waals surface area contributed by atoms with Crippen molar-refractivity contribution >= 4 is 11.6 Å². The highest BCUT2D eigenvalue weighted by atomic mass is 35.5. The number of pyridine rings is 1. The van der Waals surface area contributed by atoms with Gasteiger partial charge in [0.05, 0.1) is 5.88 Å². The summed E-state index contributed by atoms with van der Waals surface area (Å²) in [6.45, 7) is 6.69. The van der Waals surface area contributed by atoms with Crippen LogP contribution in [0.1, 0.15) is 38.3 Å². The van der Waals surface area contributed by atoms with Crippen LogP contribution in [0.15, 0.2) is 42.6 Å². The van der Waals surface area contributed by atoms with Gasteiger partial charge in [-0.1, -0.05) is 39.0 Å². The molecule has 0 aliphatic heterocycles. The van der Waals surface area contributed by atoms with E-state index < -0.39 is 0 Å². The monoisotopic (exact) mass is 289 g/mol. The van der Waals surface area contributed by atoms with Gasteiger partial charge in [0, 0.05) is 11.8 Å². The number of benzene rings is 1. The Balaban J connectivity index is 2.19. The minimum atomic E-state index is 0.185. The molecule has 106 valence electrons. The summed E-state index contributed by atoms with van der Waals surface area (Å²) in [7, 11) is 0. The lowest BCUT2D eigenvalue weighted by atomic mass is 9.82. The van der Waals surface area contributed by atoms with Gasteiger partial charge in [-0.25, -0.2) is 4.98 Å². The van der Waals surface area contributed by atoms with Crippen molar-refractivity contribution in [2.24, 2.45) is 0 Å². The molecule has 0 saturated carbocycles. The van der Waals surface area contributed by atoms with Crippen molar-refractivity contribution in [2.75, 3.05) is 0 Å². The first-order chi connectivity index (χ1) is 9.56. The molecule has 2 nitrogen and oxygen atoms in total. The molecule has 0 radical (unpaired) electrons. The van der Waals surface area contributed by atoms with Gasteiger partial charge in [0.2, 0.25) is 5.88 Å². The Labute approximate surface area is 125 Å². The molecule has 0 fully saturated rings. The number of alkyl halides is 1. The maximum atomic E-state index is 5.88. The average Bonchev–Trinajstić information content (AvgIpc) is 2.48. The summed E-state index contributed by atoms with van der Waals surface area (Å²) < 4.78 is 5.81. The van der Waals surface area contributed by atoms with E-state index in [-0.39, 0.29) is 5.41 Å². The number of ether oxygens (including phenoxy) is 1. The average molecular weight is 290 g/mol. The fraction of sp³-hybridized carbons (Fsp3) is 0.353. The van der Waals surface area contributed by atoms with Crippen molar-refractivity contribution < 1.29 is 4.74 Å². The van der Waals surface area contributed by atoms with Crippen LogP contribution >= 0.6 is 11.6 Å². The third kappa shape index (κ3) is 3.31. The summed E-state index contributed by atoms with van der Waals surface area (Å²) in [5.74, 6) is 1.75. The van der Waals surface area contributed by atoms with Crippen molar-refractivity contribution in [1.82, 2.24) is 4.98 Å². The second-order valence-electron chi connectivity index (χ2n) is 5.47. The van der Waals surface area contributed by atoms with Crippen LogP contribution in [0.5, 0.6) is 11.6 Å². The fourth-order valence-corrected chi connectivity index (χ4v) is 2.11. The van der Waals surface area contributed by atoms with Gasteiger partial charge < -0.3 is 4.74 Å². The molecule has 1 heterocycles. The number of nitrogens with zero attached hydrogens (tertiary/aromatic N) is 1. The summed E-state index contributed by atoms with van der Waals surface area (Å²) >= 11 is 5.88. The topological polar surface area (TPSA) is 22.1 Å². The molecule has 2 rings (SSSR count). The molecule has 1 aromatic heterocycles. The summed E-state index contributed by atoms with van der Waals surface area (Å²) in [5.41, 5.74) is 2.39. The van der Waals surface area contributed by atoms with E-state index in [1.807, 2.05) is 24.3 Å². The van der Waals surface area contributed by atoms with Crippen LogP contribution in [-0.2, 0) is 11.3 Å². The van der Waals surface area contributed by atoms with E-state index in [2.05, 4.69) is 37.9 Å². The fourth-order valence-electron chi connectivity index (χ4n) is 1.91. The van der Waals surface area contributed by atoms with Crippen molar-refractivity contribution in [3.8, 4) is 11.6 Å². The van der Waals surface area contributed by atoms with E-state index >= 15 is 0 Å². The number of hydrogen-bond donors (Lipinski definition) is 0. The molecule has 3 heteroatoms. The van der Waals surface area contributed by atoms with Crippen LogP contribution in [-0.4, -0.2) is 4.98 Å². The van der Waals surface area contributed by atoms with Crippen LogP contribution in [0, 0.1) is 0 Å². The Hall–Kier alpha value is -1.54. The van der Waals surface area contributed by atoms with Crippen LogP contribution in [0.4, 0.5) is 0 Å². The molecule has 0 bridgehead atoms. The van der Waals surface area contributed by atoms with Gasteiger partial charge in [-0.3, -0.25) is 0 Å². The Morgan fingerprint density at radius 3 is 2.45 bits per heavy atom. The number of hydrogen-bond acceptors (Lipinski definition) is 2. The predicted molar refractivity (Wildman–Crippen MR) is 83.6 cm³/mol. The van der Waals surface area contributed by atoms with Gasteiger partial charge >= 0.3 is 0 Å². The van der Waals surface area contributed by atoms with E-state index in [9.17, 15) is 0 Å². The summed E-state index contributed by atoms with van der Waals surface area (Å²) in [6, 6.07) is 12.0. The van der Waals surface area contributed by atoms with E-state index in [1.165, 1.54) is 5.56 Å². The summed E-state index contributed by atoms with van der Waals surface area (Å²) in [4.78, 5) is 4.23. The van der Waals surface area contributed by atoms with Crippen LogP contribution in [0.3, 0.4) is 0 Å². The van der Waals surface area contributed by atoms with Gasteiger partial charge in [0.15, 0.2) is 0 Å². The Kier molecular flexibility index (Phi) is 4.66. The molecule has 1 aromatic carbocycles. The first-order valence-corrected chi connectivity index (χ1v) is 7.38. The Morgan fingerprint density at radius 2 is 1.85 bits per heavy atom. The van der Waals surface area contributed by atoms with Crippen LogP contribution in [0.25, 0.3) is 0 Å². The first kappa shape index (κ1) is 14.9. The number of rotatable bonds is 5. The molecular formula is C17H20ClNO. The second kappa shape index (κ2) is 6.27. The quantitative estimate of drug-likeness (QED) is 0.697. The summed E-state index contributed by atoms with van der Waals surface area (Å²) in [6.07, 6.45) is 2.81. The first-order valence-electron chi connectivity index (χ1n) is 6.85. The smallest absolute Gasteiger partial charge is 0.223 e. The molecular weight excluding hydrogens is 270 g/mol. The lowest BCUT2D eigenvalue weighted by Crippen LogP contribution is -2.14. The molecule has 2 aromatic rings. The second-order valence-corrected chi connectivity index (χ2v) is 5.73.